The largest absolute Gasteiger partial charge is 0.301 e. The summed E-state index contributed by atoms with van der Waals surface area (Å²) in [6.07, 6.45) is 9.64. The maximum atomic E-state index is 11.5. The first-order valence-corrected chi connectivity index (χ1v) is 6.54. The summed E-state index contributed by atoms with van der Waals surface area (Å²) in [7, 11) is 0. The fraction of sp³-hybridized carbons (Fsp3) is 0.500. The van der Waals surface area contributed by atoms with Crippen LogP contribution in [0.1, 0.15) is 23.4 Å². The van der Waals surface area contributed by atoms with Crippen molar-refractivity contribution in [2.24, 2.45) is 0 Å². The number of thiazole rings is 1. The fourth-order valence-electron chi connectivity index (χ4n) is 1.82. The lowest BCUT2D eigenvalue weighted by atomic mass is 10.0. The minimum atomic E-state index is -0.0913. The van der Waals surface area contributed by atoms with E-state index in [4.69, 9.17) is 6.42 Å². The highest BCUT2D eigenvalue weighted by atomic mass is 32.1. The summed E-state index contributed by atoms with van der Waals surface area (Å²) in [5, 5.41) is 6.35. The van der Waals surface area contributed by atoms with Gasteiger partial charge in [0.2, 0.25) is 5.91 Å². The first-order valence-electron chi connectivity index (χ1n) is 5.72. The summed E-state index contributed by atoms with van der Waals surface area (Å²) < 4.78 is 0. The van der Waals surface area contributed by atoms with E-state index in [1.807, 2.05) is 0 Å². The average molecular weight is 249 g/mol. The van der Waals surface area contributed by atoms with E-state index in [0.29, 0.717) is 11.7 Å². The Bertz CT molecular complexity index is 424. The molecule has 5 heteroatoms. The Balaban J connectivity index is 1.88. The molecule has 2 rings (SSSR count). The van der Waals surface area contributed by atoms with Crippen molar-refractivity contribution in [3.63, 3.8) is 0 Å². The number of amides is 1. The number of fused-ring (bicyclic) bond motifs is 1. The maximum absolute atomic E-state index is 11.5. The molecule has 1 amide bonds. The van der Waals surface area contributed by atoms with E-state index >= 15 is 0 Å². The van der Waals surface area contributed by atoms with Crippen molar-refractivity contribution in [2.45, 2.75) is 25.7 Å². The Labute approximate surface area is 105 Å². The highest BCUT2D eigenvalue weighted by molar-refractivity contribution is 7.15. The molecule has 0 saturated heterocycles. The normalized spacial score (nSPS) is 13.8. The number of terminal acetylenes is 1. The number of hydrogen-bond donors (Lipinski definition) is 2. The summed E-state index contributed by atoms with van der Waals surface area (Å²) >= 11 is 1.59. The quantitative estimate of drug-likeness (QED) is 0.622. The number of rotatable bonds is 4. The third-order valence-electron chi connectivity index (χ3n) is 2.60. The van der Waals surface area contributed by atoms with Gasteiger partial charge >= 0.3 is 0 Å². The number of aryl methyl sites for hydroxylation is 2. The summed E-state index contributed by atoms with van der Waals surface area (Å²) in [5.41, 5.74) is 1.16. The van der Waals surface area contributed by atoms with Crippen LogP contribution in [0.5, 0.6) is 0 Å². The van der Waals surface area contributed by atoms with Crippen LogP contribution in [0, 0.1) is 12.3 Å². The van der Waals surface area contributed by atoms with Gasteiger partial charge in [-0.1, -0.05) is 5.92 Å². The molecule has 90 valence electrons. The molecule has 17 heavy (non-hydrogen) atoms. The zero-order valence-electron chi connectivity index (χ0n) is 9.58. The second-order valence-electron chi connectivity index (χ2n) is 3.95. The molecular formula is C12H15N3OS. The molecule has 0 aromatic carbocycles. The molecule has 0 saturated carbocycles. The van der Waals surface area contributed by atoms with E-state index in [1.165, 1.54) is 17.7 Å². The molecule has 0 atom stereocenters. The molecule has 0 bridgehead atoms. The monoisotopic (exact) mass is 249 g/mol. The van der Waals surface area contributed by atoms with Crippen molar-refractivity contribution in [1.82, 2.24) is 10.3 Å². The van der Waals surface area contributed by atoms with Gasteiger partial charge in [0, 0.05) is 4.88 Å². The van der Waals surface area contributed by atoms with Crippen LogP contribution < -0.4 is 10.6 Å². The van der Waals surface area contributed by atoms with Crippen molar-refractivity contribution in [2.75, 3.05) is 18.4 Å². The van der Waals surface area contributed by atoms with Crippen LogP contribution in [0.25, 0.3) is 0 Å². The molecule has 0 spiro atoms. The Kier molecular flexibility index (Phi) is 4.13. The highest BCUT2D eigenvalue weighted by Gasteiger charge is 2.15. The third-order valence-corrected chi connectivity index (χ3v) is 3.68. The minimum Gasteiger partial charge on any atom is -0.301 e. The molecule has 2 N–H and O–H groups in total. The predicted molar refractivity (Wildman–Crippen MR) is 69.1 cm³/mol. The van der Waals surface area contributed by atoms with Crippen molar-refractivity contribution < 1.29 is 4.79 Å². The van der Waals surface area contributed by atoms with Crippen LogP contribution in [0.4, 0.5) is 5.13 Å². The van der Waals surface area contributed by atoms with Crippen molar-refractivity contribution in [3.05, 3.63) is 10.6 Å². The van der Waals surface area contributed by atoms with Gasteiger partial charge in [0.25, 0.3) is 0 Å². The summed E-state index contributed by atoms with van der Waals surface area (Å²) in [6, 6.07) is 0. The Hall–Kier alpha value is -1.38. The van der Waals surface area contributed by atoms with Gasteiger partial charge in [-0.15, -0.1) is 17.8 Å². The Morgan fingerprint density at radius 2 is 2.29 bits per heavy atom. The topological polar surface area (TPSA) is 54.0 Å². The van der Waals surface area contributed by atoms with Gasteiger partial charge in [-0.2, -0.15) is 0 Å². The molecule has 1 heterocycles. The number of carbonyl (C=O) groups excluding carboxylic acids is 1. The molecule has 0 unspecified atom stereocenters. The van der Waals surface area contributed by atoms with Gasteiger partial charge in [-0.05, 0) is 25.7 Å². The van der Waals surface area contributed by atoms with Gasteiger partial charge in [-0.3, -0.25) is 10.1 Å². The van der Waals surface area contributed by atoms with E-state index in [2.05, 4.69) is 21.5 Å². The number of carbonyl (C=O) groups is 1. The first-order chi connectivity index (χ1) is 8.29. The van der Waals surface area contributed by atoms with Crippen molar-refractivity contribution in [3.8, 4) is 12.3 Å². The van der Waals surface area contributed by atoms with E-state index in [9.17, 15) is 4.79 Å². The van der Waals surface area contributed by atoms with Crippen LogP contribution >= 0.6 is 11.3 Å². The highest BCUT2D eigenvalue weighted by Crippen LogP contribution is 2.29. The van der Waals surface area contributed by atoms with Crippen LogP contribution in [0.3, 0.4) is 0 Å². The predicted octanol–water partition coefficient (Wildman–Crippen LogP) is 1.18. The van der Waals surface area contributed by atoms with Gasteiger partial charge in [0.15, 0.2) is 5.13 Å². The standard InChI is InChI=1S/C12H15N3OS/c1-2-7-13-8-11(16)15-12-14-9-5-3-4-6-10(9)17-12/h1,13H,3-8H2,(H,14,15,16). The van der Waals surface area contributed by atoms with Crippen LogP contribution in [0.2, 0.25) is 0 Å². The van der Waals surface area contributed by atoms with E-state index in [1.54, 1.807) is 11.3 Å². The molecular weight excluding hydrogens is 234 g/mol. The smallest absolute Gasteiger partial charge is 0.240 e. The Morgan fingerprint density at radius 1 is 1.47 bits per heavy atom. The van der Waals surface area contributed by atoms with Gasteiger partial charge in [0.1, 0.15) is 0 Å². The van der Waals surface area contributed by atoms with E-state index in [0.717, 1.165) is 18.5 Å². The fourth-order valence-corrected chi connectivity index (χ4v) is 2.88. The number of anilines is 1. The lowest BCUT2D eigenvalue weighted by molar-refractivity contribution is -0.115. The lowest BCUT2D eigenvalue weighted by Gasteiger charge is -2.06. The Morgan fingerprint density at radius 3 is 3.06 bits per heavy atom. The van der Waals surface area contributed by atoms with Crippen LogP contribution in [0.15, 0.2) is 0 Å². The van der Waals surface area contributed by atoms with Crippen LogP contribution in [-0.2, 0) is 17.6 Å². The average Bonchev–Trinajstić information content (AvgIpc) is 2.71. The maximum Gasteiger partial charge on any atom is 0.240 e. The number of nitrogens with one attached hydrogen (secondary N) is 2. The lowest BCUT2D eigenvalue weighted by Crippen LogP contribution is -2.28. The second kappa shape index (κ2) is 5.80. The molecule has 0 aliphatic heterocycles. The number of aromatic nitrogens is 1. The van der Waals surface area contributed by atoms with Gasteiger partial charge in [0.05, 0.1) is 18.8 Å². The van der Waals surface area contributed by atoms with Crippen molar-refractivity contribution >= 4 is 22.4 Å². The number of hydrogen-bond acceptors (Lipinski definition) is 4. The number of nitrogens with zero attached hydrogens (tertiary/aromatic N) is 1. The SMILES string of the molecule is C#CCNCC(=O)Nc1nc2c(s1)CCCC2. The second-order valence-corrected chi connectivity index (χ2v) is 5.04. The molecule has 0 fully saturated rings. The first kappa shape index (κ1) is 12.1. The third kappa shape index (κ3) is 3.29. The molecule has 0 radical (unpaired) electrons. The zero-order chi connectivity index (χ0) is 12.1. The van der Waals surface area contributed by atoms with Gasteiger partial charge < -0.3 is 5.32 Å². The van der Waals surface area contributed by atoms with Gasteiger partial charge in [-0.25, -0.2) is 4.98 Å². The van der Waals surface area contributed by atoms with Crippen molar-refractivity contribution in [1.29, 1.82) is 0 Å². The zero-order valence-corrected chi connectivity index (χ0v) is 10.4. The molecule has 1 aromatic rings. The van der Waals surface area contributed by atoms with E-state index < -0.39 is 0 Å². The van der Waals surface area contributed by atoms with E-state index in [-0.39, 0.29) is 12.5 Å². The molecule has 4 nitrogen and oxygen atoms in total. The molecule has 1 aliphatic carbocycles. The minimum absolute atomic E-state index is 0.0913. The molecule has 1 aromatic heterocycles. The van der Waals surface area contributed by atoms with Crippen LogP contribution in [-0.4, -0.2) is 24.0 Å². The summed E-state index contributed by atoms with van der Waals surface area (Å²) in [5.74, 6) is 2.33. The molecule has 1 aliphatic rings. The summed E-state index contributed by atoms with van der Waals surface area (Å²) in [4.78, 5) is 17.3. The summed E-state index contributed by atoms with van der Waals surface area (Å²) in [6.45, 7) is 0.635.